The van der Waals surface area contributed by atoms with Gasteiger partial charge in [-0.05, 0) is 45.0 Å². The molecule has 1 atom stereocenters. The summed E-state index contributed by atoms with van der Waals surface area (Å²) in [6, 6.07) is 6.90. The van der Waals surface area contributed by atoms with Crippen LogP contribution in [0.1, 0.15) is 36.9 Å². The molecule has 0 saturated heterocycles. The fourth-order valence-electron chi connectivity index (χ4n) is 1.92. The van der Waals surface area contributed by atoms with Crippen molar-refractivity contribution in [3.63, 3.8) is 0 Å². The SMILES string of the molecule is COc1ccc(C)cc1[C@@H](C)NC(=S)NC1CC1. The predicted octanol–water partition coefficient (Wildman–Crippen LogP) is 2.69. The van der Waals surface area contributed by atoms with E-state index in [9.17, 15) is 0 Å². The van der Waals surface area contributed by atoms with Crippen LogP contribution in [0.5, 0.6) is 5.75 Å². The highest BCUT2D eigenvalue weighted by molar-refractivity contribution is 7.80. The Labute approximate surface area is 114 Å². The molecule has 0 spiro atoms. The van der Waals surface area contributed by atoms with E-state index in [-0.39, 0.29) is 6.04 Å². The summed E-state index contributed by atoms with van der Waals surface area (Å²) in [6.07, 6.45) is 2.45. The summed E-state index contributed by atoms with van der Waals surface area (Å²) < 4.78 is 5.39. The number of hydrogen-bond acceptors (Lipinski definition) is 2. The quantitative estimate of drug-likeness (QED) is 0.819. The minimum absolute atomic E-state index is 0.138. The molecule has 98 valence electrons. The van der Waals surface area contributed by atoms with Gasteiger partial charge in [0.25, 0.3) is 0 Å². The van der Waals surface area contributed by atoms with Gasteiger partial charge in [-0.2, -0.15) is 0 Å². The van der Waals surface area contributed by atoms with Crippen molar-refractivity contribution >= 4 is 17.3 Å². The lowest BCUT2D eigenvalue weighted by molar-refractivity contribution is 0.405. The molecule has 1 aromatic carbocycles. The van der Waals surface area contributed by atoms with Crippen LogP contribution in [0.15, 0.2) is 18.2 Å². The van der Waals surface area contributed by atoms with Crippen molar-refractivity contribution in [2.45, 2.75) is 38.8 Å². The summed E-state index contributed by atoms with van der Waals surface area (Å²) in [6.45, 7) is 4.18. The van der Waals surface area contributed by atoms with Gasteiger partial charge >= 0.3 is 0 Å². The summed E-state index contributed by atoms with van der Waals surface area (Å²) in [5.74, 6) is 0.898. The minimum atomic E-state index is 0.138. The summed E-state index contributed by atoms with van der Waals surface area (Å²) in [4.78, 5) is 0. The molecule has 0 amide bonds. The first kappa shape index (κ1) is 13.1. The standard InChI is InChI=1S/C14H20N2OS/c1-9-4-7-13(17-3)12(8-9)10(2)15-14(18)16-11-5-6-11/h4,7-8,10-11H,5-6H2,1-3H3,(H2,15,16,18)/t10-/m1/s1. The van der Waals surface area contributed by atoms with Crippen LogP contribution < -0.4 is 15.4 Å². The Morgan fingerprint density at radius 2 is 2.17 bits per heavy atom. The predicted molar refractivity (Wildman–Crippen MR) is 78.0 cm³/mol. The van der Waals surface area contributed by atoms with Gasteiger partial charge in [0, 0.05) is 11.6 Å². The lowest BCUT2D eigenvalue weighted by Crippen LogP contribution is -2.38. The highest BCUT2D eigenvalue weighted by atomic mass is 32.1. The highest BCUT2D eigenvalue weighted by Gasteiger charge is 2.22. The van der Waals surface area contributed by atoms with Gasteiger partial charge in [0.2, 0.25) is 0 Å². The van der Waals surface area contributed by atoms with Gasteiger partial charge in [0.15, 0.2) is 5.11 Å². The van der Waals surface area contributed by atoms with Gasteiger partial charge < -0.3 is 15.4 Å². The first-order valence-electron chi connectivity index (χ1n) is 6.31. The average molecular weight is 264 g/mol. The molecule has 0 unspecified atom stereocenters. The second kappa shape index (κ2) is 5.57. The van der Waals surface area contributed by atoms with E-state index >= 15 is 0 Å². The van der Waals surface area contributed by atoms with Crippen LogP contribution in [0.2, 0.25) is 0 Å². The fourth-order valence-corrected chi connectivity index (χ4v) is 2.26. The molecule has 18 heavy (non-hydrogen) atoms. The van der Waals surface area contributed by atoms with E-state index in [1.807, 2.05) is 6.07 Å². The summed E-state index contributed by atoms with van der Waals surface area (Å²) in [7, 11) is 1.70. The van der Waals surface area contributed by atoms with Crippen LogP contribution in [0, 0.1) is 6.92 Å². The number of nitrogens with one attached hydrogen (secondary N) is 2. The van der Waals surface area contributed by atoms with Crippen molar-refractivity contribution in [3.05, 3.63) is 29.3 Å². The molecule has 0 aromatic heterocycles. The molecule has 0 bridgehead atoms. The van der Waals surface area contributed by atoms with Gasteiger partial charge in [0.05, 0.1) is 13.2 Å². The number of ether oxygens (including phenoxy) is 1. The number of benzene rings is 1. The maximum Gasteiger partial charge on any atom is 0.166 e. The van der Waals surface area contributed by atoms with Crippen LogP contribution in [0.3, 0.4) is 0 Å². The average Bonchev–Trinajstić information content (AvgIpc) is 3.12. The molecular formula is C14H20N2OS. The van der Waals surface area contributed by atoms with E-state index in [1.54, 1.807) is 7.11 Å². The largest absolute Gasteiger partial charge is 0.496 e. The Kier molecular flexibility index (Phi) is 4.07. The Morgan fingerprint density at radius 1 is 1.44 bits per heavy atom. The van der Waals surface area contributed by atoms with Crippen LogP contribution in [0.4, 0.5) is 0 Å². The second-order valence-electron chi connectivity index (χ2n) is 4.86. The zero-order valence-electron chi connectivity index (χ0n) is 11.1. The number of thiocarbonyl (C=S) groups is 1. The first-order chi connectivity index (χ1) is 8.60. The maximum atomic E-state index is 5.39. The molecular weight excluding hydrogens is 244 g/mol. The fraction of sp³-hybridized carbons (Fsp3) is 0.500. The van der Waals surface area contributed by atoms with E-state index < -0.39 is 0 Å². The maximum absolute atomic E-state index is 5.39. The number of methoxy groups -OCH3 is 1. The summed E-state index contributed by atoms with van der Waals surface area (Å²) >= 11 is 5.30. The van der Waals surface area contributed by atoms with Gasteiger partial charge in [0.1, 0.15) is 5.75 Å². The minimum Gasteiger partial charge on any atom is -0.496 e. The molecule has 0 aliphatic heterocycles. The molecule has 2 N–H and O–H groups in total. The number of hydrogen-bond donors (Lipinski definition) is 2. The van der Waals surface area contributed by atoms with Crippen molar-refractivity contribution in [2.24, 2.45) is 0 Å². The normalized spacial score (nSPS) is 15.9. The molecule has 3 nitrogen and oxygen atoms in total. The zero-order chi connectivity index (χ0) is 13.1. The van der Waals surface area contributed by atoms with Gasteiger partial charge in [-0.15, -0.1) is 0 Å². The molecule has 1 aliphatic carbocycles. The molecule has 0 heterocycles. The van der Waals surface area contributed by atoms with Gasteiger partial charge in [-0.3, -0.25) is 0 Å². The summed E-state index contributed by atoms with van der Waals surface area (Å²) in [5, 5.41) is 7.33. The smallest absolute Gasteiger partial charge is 0.166 e. The Morgan fingerprint density at radius 3 is 2.78 bits per heavy atom. The molecule has 4 heteroatoms. The lowest BCUT2D eigenvalue weighted by Gasteiger charge is -2.20. The third-order valence-corrected chi connectivity index (χ3v) is 3.35. The van der Waals surface area contributed by atoms with Crippen molar-refractivity contribution in [3.8, 4) is 5.75 Å². The van der Waals surface area contributed by atoms with Crippen molar-refractivity contribution in [1.29, 1.82) is 0 Å². The third-order valence-electron chi connectivity index (χ3n) is 3.11. The molecule has 0 radical (unpaired) electrons. The van der Waals surface area contributed by atoms with Crippen molar-refractivity contribution in [2.75, 3.05) is 7.11 Å². The van der Waals surface area contributed by atoms with E-state index in [0.717, 1.165) is 16.4 Å². The number of aryl methyl sites for hydroxylation is 1. The van der Waals surface area contributed by atoms with Crippen molar-refractivity contribution in [1.82, 2.24) is 10.6 Å². The summed E-state index contributed by atoms with van der Waals surface area (Å²) in [5.41, 5.74) is 2.36. The van der Waals surface area contributed by atoms with E-state index in [4.69, 9.17) is 17.0 Å². The molecule has 2 rings (SSSR count). The first-order valence-corrected chi connectivity index (χ1v) is 6.72. The zero-order valence-corrected chi connectivity index (χ0v) is 11.9. The highest BCUT2D eigenvalue weighted by Crippen LogP contribution is 2.26. The van der Waals surface area contributed by atoms with E-state index in [1.165, 1.54) is 18.4 Å². The van der Waals surface area contributed by atoms with Crippen LogP contribution in [-0.4, -0.2) is 18.3 Å². The molecule has 1 aliphatic rings. The van der Waals surface area contributed by atoms with Gasteiger partial charge in [-0.1, -0.05) is 17.7 Å². The number of rotatable bonds is 4. The van der Waals surface area contributed by atoms with Gasteiger partial charge in [-0.25, -0.2) is 0 Å². The molecule has 1 saturated carbocycles. The Hall–Kier alpha value is -1.29. The van der Waals surface area contributed by atoms with E-state index in [2.05, 4.69) is 36.6 Å². The molecule has 1 fully saturated rings. The lowest BCUT2D eigenvalue weighted by atomic mass is 10.0. The monoisotopic (exact) mass is 264 g/mol. The Bertz CT molecular complexity index is 443. The van der Waals surface area contributed by atoms with E-state index in [0.29, 0.717) is 6.04 Å². The second-order valence-corrected chi connectivity index (χ2v) is 5.27. The topological polar surface area (TPSA) is 33.3 Å². The molecule has 1 aromatic rings. The third kappa shape index (κ3) is 3.35. The van der Waals surface area contributed by atoms with Crippen LogP contribution in [-0.2, 0) is 0 Å². The van der Waals surface area contributed by atoms with Crippen LogP contribution >= 0.6 is 12.2 Å². The van der Waals surface area contributed by atoms with Crippen molar-refractivity contribution < 1.29 is 4.74 Å². The van der Waals surface area contributed by atoms with Crippen LogP contribution in [0.25, 0.3) is 0 Å². The Balaban J connectivity index is 2.04.